The molecule has 41 heavy (non-hydrogen) atoms. The minimum Gasteiger partial charge on any atom is -0.352 e. The summed E-state index contributed by atoms with van der Waals surface area (Å²) in [4.78, 5) is 0. The number of anilines is 4. The molecule has 0 amide bonds. The molecule has 0 atom stereocenters. The van der Waals surface area contributed by atoms with E-state index in [0.29, 0.717) is 16.9 Å². The lowest BCUT2D eigenvalue weighted by molar-refractivity contribution is 0.511. The van der Waals surface area contributed by atoms with Crippen LogP contribution in [0, 0.1) is 55.6 Å². The van der Waals surface area contributed by atoms with Crippen molar-refractivity contribution in [2.24, 2.45) is 0 Å². The number of nitrogens with zero attached hydrogens (tertiary/aromatic N) is 4. The molecule has 7 nitrogen and oxygen atoms in total. The van der Waals surface area contributed by atoms with Gasteiger partial charge < -0.3 is 10.6 Å². The molecule has 0 aliphatic heterocycles. The van der Waals surface area contributed by atoms with Crippen molar-refractivity contribution in [2.75, 3.05) is 10.6 Å². The van der Waals surface area contributed by atoms with Crippen LogP contribution in [0.15, 0.2) is 60.7 Å². The highest BCUT2D eigenvalue weighted by Crippen LogP contribution is 2.33. The van der Waals surface area contributed by atoms with Gasteiger partial charge in [-0.15, -0.1) is 10.2 Å². The smallest absolute Gasteiger partial charge is 0.206 e. The van der Waals surface area contributed by atoms with Gasteiger partial charge in [0, 0.05) is 24.1 Å². The third kappa shape index (κ3) is 7.11. The zero-order valence-corrected chi connectivity index (χ0v) is 25.6. The molecule has 13 heteroatoms. The normalized spacial score (nSPS) is 10.4. The van der Waals surface area contributed by atoms with E-state index in [0.717, 1.165) is 30.4 Å². The zero-order valence-electron chi connectivity index (χ0n) is 21.3. The Morgan fingerprint density at radius 3 is 1.80 bits per heavy atom. The molecule has 5 rings (SSSR count). The van der Waals surface area contributed by atoms with Gasteiger partial charge in [0.1, 0.15) is 6.07 Å². The first-order valence-electron chi connectivity index (χ1n) is 11.7. The Labute approximate surface area is 259 Å². The number of hydrogen-bond donors (Lipinski definition) is 3. The summed E-state index contributed by atoms with van der Waals surface area (Å²) in [6.45, 7) is 3.74. The lowest BCUT2D eigenvalue weighted by Crippen LogP contribution is -2.01. The largest absolute Gasteiger partial charge is 0.352 e. The van der Waals surface area contributed by atoms with Crippen molar-refractivity contribution in [3.8, 4) is 17.5 Å². The summed E-state index contributed by atoms with van der Waals surface area (Å²) in [6.07, 6.45) is 0. The Morgan fingerprint density at radius 2 is 1.29 bits per heavy atom. The van der Waals surface area contributed by atoms with Gasteiger partial charge in [0.2, 0.25) is 5.82 Å². The van der Waals surface area contributed by atoms with Gasteiger partial charge in [-0.3, -0.25) is 0 Å². The number of benzene rings is 4. The number of tetrazole rings is 1. The van der Waals surface area contributed by atoms with E-state index in [1.807, 2.05) is 50.2 Å². The predicted octanol–water partition coefficient (Wildman–Crippen LogP) is 8.29. The van der Waals surface area contributed by atoms with Gasteiger partial charge in [-0.25, -0.2) is 17.6 Å². The summed E-state index contributed by atoms with van der Waals surface area (Å²) in [5, 5.41) is 28.0. The summed E-state index contributed by atoms with van der Waals surface area (Å²) in [6, 6.07) is 17.6. The van der Waals surface area contributed by atoms with Crippen LogP contribution in [0.5, 0.6) is 0 Å². The third-order valence-electron chi connectivity index (χ3n) is 5.79. The second kappa shape index (κ2) is 13.3. The number of hydrogen-bond acceptors (Lipinski definition) is 6. The fraction of sp³-hybridized carbons (Fsp3) is 0.0714. The number of H-pyrrole nitrogens is 1. The highest BCUT2D eigenvalue weighted by atomic mass is 127. The highest BCUT2D eigenvalue weighted by molar-refractivity contribution is 14.1. The first-order chi connectivity index (χ1) is 19.6. The van der Waals surface area contributed by atoms with Crippen LogP contribution in [0.25, 0.3) is 11.4 Å². The Kier molecular flexibility index (Phi) is 9.76. The molecule has 0 saturated carbocycles. The average molecular weight is 783 g/mol. The summed E-state index contributed by atoms with van der Waals surface area (Å²) < 4.78 is 56.9. The predicted molar refractivity (Wildman–Crippen MR) is 165 cm³/mol. The fourth-order valence-electron chi connectivity index (χ4n) is 3.71. The Bertz CT molecular complexity index is 1760. The average Bonchev–Trinajstić information content (AvgIpc) is 3.47. The van der Waals surface area contributed by atoms with Crippen LogP contribution < -0.4 is 10.6 Å². The van der Waals surface area contributed by atoms with Crippen molar-refractivity contribution in [3.63, 3.8) is 0 Å². The molecule has 0 fully saturated rings. The molecule has 0 saturated heterocycles. The number of aryl methyl sites for hydroxylation is 2. The molecule has 1 heterocycles. The topological polar surface area (TPSA) is 102 Å². The van der Waals surface area contributed by atoms with E-state index >= 15 is 0 Å². The number of nitriles is 1. The molecule has 4 aromatic carbocycles. The van der Waals surface area contributed by atoms with Gasteiger partial charge >= 0.3 is 0 Å². The molecule has 5 aromatic rings. The van der Waals surface area contributed by atoms with Gasteiger partial charge in [-0.05, 0) is 136 Å². The van der Waals surface area contributed by atoms with Crippen LogP contribution in [-0.4, -0.2) is 20.6 Å². The van der Waals surface area contributed by atoms with Crippen LogP contribution in [0.3, 0.4) is 0 Å². The third-order valence-corrected chi connectivity index (χ3v) is 7.13. The van der Waals surface area contributed by atoms with Crippen molar-refractivity contribution >= 4 is 67.9 Å². The van der Waals surface area contributed by atoms with Gasteiger partial charge in [-0.2, -0.15) is 10.5 Å². The number of rotatable bonds is 5. The standard InChI is InChI=1S/C14H10F2IN5.C14H9F2IN2/c1-7-6-8(17)2-5-11(7)18-13-9(14-19-21-22-20-14)3-4-10(15)12(13)16;1-8-6-10(17)3-5-12(8)19-14-9(7-18)2-4-11(15)13(14)16/h2-6,18H,1H3,(H,19,20,21,22);2-6,19H,1H3. The fourth-order valence-corrected chi connectivity index (χ4v) is 5.00. The van der Waals surface area contributed by atoms with Crippen molar-refractivity contribution < 1.29 is 17.6 Å². The second-order valence-electron chi connectivity index (χ2n) is 8.58. The first kappa shape index (κ1) is 30.2. The molecular formula is C28H19F4I2N7. The van der Waals surface area contributed by atoms with E-state index in [4.69, 9.17) is 5.26 Å². The SMILES string of the molecule is Cc1cc(I)ccc1Nc1c(-c2nn[nH]n2)ccc(F)c1F.Cc1cc(I)ccc1Nc1c(C#N)ccc(F)c1F. The summed E-state index contributed by atoms with van der Waals surface area (Å²) >= 11 is 4.35. The molecular weight excluding hydrogens is 764 g/mol. The number of aromatic amines is 1. The summed E-state index contributed by atoms with van der Waals surface area (Å²) in [7, 11) is 0. The van der Waals surface area contributed by atoms with Gasteiger partial charge in [0.15, 0.2) is 23.3 Å². The maximum absolute atomic E-state index is 14.2. The van der Waals surface area contributed by atoms with E-state index in [1.165, 1.54) is 12.1 Å². The van der Waals surface area contributed by atoms with Crippen LogP contribution in [0.1, 0.15) is 16.7 Å². The first-order valence-corrected chi connectivity index (χ1v) is 13.9. The molecule has 0 radical (unpaired) electrons. The van der Waals surface area contributed by atoms with Crippen molar-refractivity contribution in [2.45, 2.75) is 13.8 Å². The molecule has 1 aromatic heterocycles. The van der Waals surface area contributed by atoms with E-state index in [9.17, 15) is 17.6 Å². The maximum atomic E-state index is 14.2. The molecule has 208 valence electrons. The maximum Gasteiger partial charge on any atom is 0.206 e. The van der Waals surface area contributed by atoms with Crippen molar-refractivity contribution in [1.29, 1.82) is 5.26 Å². The number of aromatic nitrogens is 4. The van der Waals surface area contributed by atoms with Gasteiger partial charge in [0.25, 0.3) is 0 Å². The van der Waals surface area contributed by atoms with E-state index in [-0.39, 0.29) is 22.8 Å². The van der Waals surface area contributed by atoms with Crippen LogP contribution in [-0.2, 0) is 0 Å². The summed E-state index contributed by atoms with van der Waals surface area (Å²) in [5.41, 5.74) is 3.35. The van der Waals surface area contributed by atoms with Crippen molar-refractivity contribution in [3.05, 3.63) is 108 Å². The lowest BCUT2D eigenvalue weighted by Gasteiger charge is -2.14. The molecule has 0 unspecified atom stereocenters. The van der Waals surface area contributed by atoms with E-state index < -0.39 is 23.3 Å². The summed E-state index contributed by atoms with van der Waals surface area (Å²) in [5.74, 6) is -3.77. The molecule has 0 bridgehead atoms. The quantitative estimate of drug-likeness (QED) is 0.123. The van der Waals surface area contributed by atoms with Gasteiger partial charge in [-0.1, -0.05) is 0 Å². The zero-order chi connectivity index (χ0) is 29.7. The van der Waals surface area contributed by atoms with Crippen molar-refractivity contribution in [1.82, 2.24) is 20.6 Å². The minimum atomic E-state index is -1.04. The monoisotopic (exact) mass is 783 g/mol. The van der Waals surface area contributed by atoms with Crippen LogP contribution >= 0.6 is 45.2 Å². The Morgan fingerprint density at radius 1 is 0.756 bits per heavy atom. The highest BCUT2D eigenvalue weighted by Gasteiger charge is 2.18. The van der Waals surface area contributed by atoms with Crippen LogP contribution in [0.4, 0.5) is 40.3 Å². The van der Waals surface area contributed by atoms with E-state index in [1.54, 1.807) is 6.07 Å². The molecule has 0 spiro atoms. The Balaban J connectivity index is 0.000000191. The lowest BCUT2D eigenvalue weighted by atomic mass is 10.1. The van der Waals surface area contributed by atoms with Crippen LogP contribution in [0.2, 0.25) is 0 Å². The van der Waals surface area contributed by atoms with E-state index in [2.05, 4.69) is 76.4 Å². The minimum absolute atomic E-state index is 0.0225. The number of halogens is 6. The molecule has 3 N–H and O–H groups in total. The number of nitrogens with one attached hydrogen (secondary N) is 3. The van der Waals surface area contributed by atoms with Gasteiger partial charge in [0.05, 0.1) is 16.9 Å². The second-order valence-corrected chi connectivity index (χ2v) is 11.1. The molecule has 0 aliphatic rings. The Hall–Kier alpha value is -3.78. The molecule has 0 aliphatic carbocycles.